The van der Waals surface area contributed by atoms with Crippen molar-refractivity contribution in [2.75, 3.05) is 0 Å². The van der Waals surface area contributed by atoms with Gasteiger partial charge in [-0.3, -0.25) is 9.59 Å². The molecule has 2 atom stereocenters. The number of nitrogens with zero attached hydrogens (tertiary/aromatic N) is 1. The zero-order valence-corrected chi connectivity index (χ0v) is 16.0. The van der Waals surface area contributed by atoms with E-state index in [0.29, 0.717) is 6.42 Å². The van der Waals surface area contributed by atoms with E-state index in [1.165, 1.54) is 19.3 Å². The minimum atomic E-state index is -0.801. The molecule has 0 aliphatic rings. The number of carboxylic acids is 2. The van der Waals surface area contributed by atoms with E-state index < -0.39 is 11.9 Å². The van der Waals surface area contributed by atoms with Crippen molar-refractivity contribution in [1.82, 2.24) is 0 Å². The van der Waals surface area contributed by atoms with Gasteiger partial charge in [-0.1, -0.05) is 45.1 Å². The van der Waals surface area contributed by atoms with Crippen molar-refractivity contribution in [2.24, 2.45) is 11.8 Å². The molecule has 0 aliphatic carbocycles. The molecule has 1 rings (SSSR count). The maximum atomic E-state index is 11.2. The summed E-state index contributed by atoms with van der Waals surface area (Å²) in [6.07, 6.45) is 12.3. The van der Waals surface area contributed by atoms with Gasteiger partial charge in [0.1, 0.15) is 6.54 Å². The number of carbonyl (C=O) groups is 2. The van der Waals surface area contributed by atoms with Crippen LogP contribution in [0.4, 0.5) is 0 Å². The van der Waals surface area contributed by atoms with Crippen LogP contribution in [0.3, 0.4) is 0 Å². The van der Waals surface area contributed by atoms with Crippen LogP contribution >= 0.6 is 0 Å². The van der Waals surface area contributed by atoms with Gasteiger partial charge in [-0.2, -0.15) is 0 Å². The fraction of sp³-hybridized carbons (Fsp3) is 0.667. The standard InChI is InChI=1S/C21H33NO4/c1-2-3-4-5-7-10-18(16-20(23)24)15-19(17-21(25)26)11-14-22-12-8-6-9-13-22/h6,8-9,12-13,18-19H,2-5,7,10-11,14-17H2,1H3,(H-,23,24,25,26)/p+1. The molecule has 0 saturated heterocycles. The van der Waals surface area contributed by atoms with Crippen LogP contribution in [0.15, 0.2) is 30.6 Å². The number of carboxylic acid groups (broad SMARTS) is 2. The van der Waals surface area contributed by atoms with E-state index in [-0.39, 0.29) is 24.7 Å². The third kappa shape index (κ3) is 10.9. The molecule has 0 fully saturated rings. The maximum absolute atomic E-state index is 11.2. The normalized spacial score (nSPS) is 13.3. The molecule has 1 heterocycles. The monoisotopic (exact) mass is 364 g/mol. The average Bonchev–Trinajstić information content (AvgIpc) is 2.59. The van der Waals surface area contributed by atoms with E-state index in [4.69, 9.17) is 0 Å². The summed E-state index contributed by atoms with van der Waals surface area (Å²) in [6, 6.07) is 5.86. The van der Waals surface area contributed by atoms with Crippen molar-refractivity contribution in [3.63, 3.8) is 0 Å². The van der Waals surface area contributed by atoms with Crippen LogP contribution in [0.2, 0.25) is 0 Å². The fourth-order valence-electron chi connectivity index (χ4n) is 3.52. The molecule has 26 heavy (non-hydrogen) atoms. The summed E-state index contributed by atoms with van der Waals surface area (Å²) in [5.74, 6) is -1.50. The molecular weight excluding hydrogens is 330 g/mol. The van der Waals surface area contributed by atoms with E-state index >= 15 is 0 Å². The van der Waals surface area contributed by atoms with Crippen LogP contribution < -0.4 is 4.57 Å². The quantitative estimate of drug-likeness (QED) is 0.359. The highest BCUT2D eigenvalue weighted by atomic mass is 16.4. The van der Waals surface area contributed by atoms with Crippen LogP contribution in [0.25, 0.3) is 0 Å². The second kappa shape index (κ2) is 13.3. The molecule has 0 bridgehead atoms. The van der Waals surface area contributed by atoms with Crippen molar-refractivity contribution < 1.29 is 24.4 Å². The summed E-state index contributed by atoms with van der Waals surface area (Å²) >= 11 is 0. The van der Waals surface area contributed by atoms with E-state index in [2.05, 4.69) is 6.92 Å². The number of pyridine rings is 1. The van der Waals surface area contributed by atoms with Gasteiger partial charge in [-0.05, 0) is 24.7 Å². The zero-order chi connectivity index (χ0) is 19.2. The number of unbranched alkanes of at least 4 members (excludes halogenated alkanes) is 4. The summed E-state index contributed by atoms with van der Waals surface area (Å²) in [5, 5.41) is 18.4. The van der Waals surface area contributed by atoms with E-state index in [1.807, 2.05) is 35.2 Å². The molecule has 0 amide bonds. The van der Waals surface area contributed by atoms with Crippen molar-refractivity contribution in [3.05, 3.63) is 30.6 Å². The fourth-order valence-corrected chi connectivity index (χ4v) is 3.52. The Balaban J connectivity index is 2.56. The first-order valence-corrected chi connectivity index (χ1v) is 9.89. The molecule has 5 heteroatoms. The summed E-state index contributed by atoms with van der Waals surface area (Å²) in [4.78, 5) is 22.4. The van der Waals surface area contributed by atoms with Gasteiger partial charge in [0.15, 0.2) is 12.4 Å². The minimum absolute atomic E-state index is 0.0141. The first kappa shape index (κ1) is 22.1. The molecule has 5 nitrogen and oxygen atoms in total. The molecule has 146 valence electrons. The summed E-state index contributed by atoms with van der Waals surface area (Å²) < 4.78 is 2.05. The summed E-state index contributed by atoms with van der Waals surface area (Å²) in [5.41, 5.74) is 0. The molecule has 0 radical (unpaired) electrons. The first-order valence-electron chi connectivity index (χ1n) is 9.89. The van der Waals surface area contributed by atoms with Crippen molar-refractivity contribution in [3.8, 4) is 0 Å². The number of hydrogen-bond acceptors (Lipinski definition) is 2. The van der Waals surface area contributed by atoms with Crippen LogP contribution in [-0.4, -0.2) is 22.2 Å². The van der Waals surface area contributed by atoms with Gasteiger partial charge in [0.05, 0.1) is 0 Å². The molecule has 1 aromatic heterocycles. The van der Waals surface area contributed by atoms with Crippen LogP contribution in [0.1, 0.15) is 71.1 Å². The molecule has 1 aromatic rings. The molecule has 0 aromatic carbocycles. The summed E-state index contributed by atoms with van der Waals surface area (Å²) in [7, 11) is 0. The lowest BCUT2D eigenvalue weighted by Crippen LogP contribution is -2.34. The van der Waals surface area contributed by atoms with Gasteiger partial charge < -0.3 is 10.2 Å². The maximum Gasteiger partial charge on any atom is 0.303 e. The van der Waals surface area contributed by atoms with E-state index in [9.17, 15) is 19.8 Å². The van der Waals surface area contributed by atoms with Crippen LogP contribution in [0, 0.1) is 11.8 Å². The number of rotatable bonds is 15. The zero-order valence-electron chi connectivity index (χ0n) is 16.0. The number of aliphatic carboxylic acids is 2. The molecule has 2 unspecified atom stereocenters. The lowest BCUT2D eigenvalue weighted by molar-refractivity contribution is -0.698. The SMILES string of the molecule is CCCCCCCC(CC(=O)O)CC(CC[n+]1ccccc1)CC(=O)O. The number of aromatic nitrogens is 1. The first-order chi connectivity index (χ1) is 12.5. The largest absolute Gasteiger partial charge is 0.481 e. The Labute approximate surface area is 157 Å². The van der Waals surface area contributed by atoms with Gasteiger partial charge in [0.2, 0.25) is 0 Å². The van der Waals surface area contributed by atoms with Gasteiger partial charge in [-0.15, -0.1) is 0 Å². The number of hydrogen-bond donors (Lipinski definition) is 2. The predicted octanol–water partition coefficient (Wildman–Crippen LogP) is 4.30. The predicted molar refractivity (Wildman–Crippen MR) is 101 cm³/mol. The Bertz CT molecular complexity index is 518. The molecule has 0 spiro atoms. The molecular formula is C21H34NO4+. The van der Waals surface area contributed by atoms with Crippen molar-refractivity contribution in [1.29, 1.82) is 0 Å². The second-order valence-electron chi connectivity index (χ2n) is 7.27. The third-order valence-electron chi connectivity index (χ3n) is 4.88. The van der Waals surface area contributed by atoms with Gasteiger partial charge >= 0.3 is 11.9 Å². The topological polar surface area (TPSA) is 78.5 Å². The van der Waals surface area contributed by atoms with Crippen molar-refractivity contribution in [2.45, 2.75) is 77.7 Å². The average molecular weight is 365 g/mol. The second-order valence-corrected chi connectivity index (χ2v) is 7.27. The van der Waals surface area contributed by atoms with Gasteiger partial charge in [-0.25, -0.2) is 4.57 Å². The Kier molecular flexibility index (Phi) is 11.3. The van der Waals surface area contributed by atoms with E-state index in [0.717, 1.165) is 32.2 Å². The smallest absolute Gasteiger partial charge is 0.303 e. The van der Waals surface area contributed by atoms with Gasteiger partial charge in [0, 0.05) is 31.4 Å². The molecule has 0 aliphatic heterocycles. The minimum Gasteiger partial charge on any atom is -0.481 e. The lowest BCUT2D eigenvalue weighted by Gasteiger charge is -2.21. The highest BCUT2D eigenvalue weighted by Gasteiger charge is 2.22. The Hall–Kier alpha value is -1.91. The Morgan fingerprint density at radius 2 is 1.42 bits per heavy atom. The molecule has 2 N–H and O–H groups in total. The highest BCUT2D eigenvalue weighted by molar-refractivity contribution is 5.67. The van der Waals surface area contributed by atoms with Crippen LogP contribution in [0.5, 0.6) is 0 Å². The van der Waals surface area contributed by atoms with E-state index in [1.54, 1.807) is 0 Å². The number of aryl methyl sites for hydroxylation is 1. The van der Waals surface area contributed by atoms with Gasteiger partial charge in [0.25, 0.3) is 0 Å². The van der Waals surface area contributed by atoms with Crippen LogP contribution in [-0.2, 0) is 16.1 Å². The summed E-state index contributed by atoms with van der Waals surface area (Å²) in [6.45, 7) is 2.93. The molecule has 0 saturated carbocycles. The Morgan fingerprint density at radius 3 is 2.00 bits per heavy atom. The highest BCUT2D eigenvalue weighted by Crippen LogP contribution is 2.26. The third-order valence-corrected chi connectivity index (χ3v) is 4.88. The van der Waals surface area contributed by atoms with Crippen molar-refractivity contribution >= 4 is 11.9 Å². The lowest BCUT2D eigenvalue weighted by atomic mass is 9.84. The Morgan fingerprint density at radius 1 is 0.846 bits per heavy atom.